The van der Waals surface area contributed by atoms with Gasteiger partial charge in [-0.3, -0.25) is 19.3 Å². The molecular formula is C20H18Cl2N2O5. The predicted molar refractivity (Wildman–Crippen MR) is 110 cm³/mol. The fourth-order valence-electron chi connectivity index (χ4n) is 2.74. The van der Waals surface area contributed by atoms with Crippen LogP contribution in [0.15, 0.2) is 42.5 Å². The van der Waals surface area contributed by atoms with Gasteiger partial charge in [0.1, 0.15) is 12.3 Å². The number of hydrogen-bond acceptors (Lipinski definition) is 5. The first-order valence-corrected chi connectivity index (χ1v) is 9.62. The van der Waals surface area contributed by atoms with Crippen molar-refractivity contribution in [3.8, 4) is 5.75 Å². The van der Waals surface area contributed by atoms with Gasteiger partial charge in [0.25, 0.3) is 5.91 Å². The first-order valence-electron chi connectivity index (χ1n) is 8.87. The molecular weight excluding hydrogens is 419 g/mol. The number of carbonyl (C=O) groups is 3. The van der Waals surface area contributed by atoms with Gasteiger partial charge in [-0.1, -0.05) is 35.3 Å². The molecule has 0 saturated carbocycles. The number of halogens is 2. The van der Waals surface area contributed by atoms with Crippen molar-refractivity contribution < 1.29 is 23.9 Å². The van der Waals surface area contributed by atoms with Gasteiger partial charge in [-0.05, 0) is 36.8 Å². The van der Waals surface area contributed by atoms with Crippen LogP contribution in [-0.2, 0) is 19.1 Å². The van der Waals surface area contributed by atoms with Crippen LogP contribution in [0.25, 0.3) is 0 Å². The molecule has 152 valence electrons. The number of para-hydroxylation sites is 2. The van der Waals surface area contributed by atoms with E-state index >= 15 is 0 Å². The summed E-state index contributed by atoms with van der Waals surface area (Å²) < 4.78 is 10.5. The van der Waals surface area contributed by atoms with E-state index in [0.717, 1.165) is 0 Å². The highest BCUT2D eigenvalue weighted by Gasteiger charge is 2.27. The second-order valence-electron chi connectivity index (χ2n) is 6.23. The van der Waals surface area contributed by atoms with E-state index in [1.165, 1.54) is 4.90 Å². The molecule has 0 aromatic heterocycles. The number of nitrogens with zero attached hydrogens (tertiary/aromatic N) is 1. The first kappa shape index (κ1) is 21.0. The van der Waals surface area contributed by atoms with Crippen LogP contribution >= 0.6 is 23.2 Å². The molecule has 1 aliphatic rings. The Labute approximate surface area is 177 Å². The van der Waals surface area contributed by atoms with Gasteiger partial charge in [-0.25, -0.2) is 0 Å². The molecule has 1 heterocycles. The molecule has 2 amide bonds. The normalized spacial score (nSPS) is 12.8. The summed E-state index contributed by atoms with van der Waals surface area (Å²) in [6.45, 7) is -0.308. The Hall–Kier alpha value is -2.77. The fraction of sp³-hybridized carbons (Fsp3) is 0.250. The lowest BCUT2D eigenvalue weighted by atomic mass is 10.2. The third-order valence-corrected chi connectivity index (χ3v) is 4.64. The van der Waals surface area contributed by atoms with Crippen molar-refractivity contribution in [3.63, 3.8) is 0 Å². The molecule has 9 heteroatoms. The topological polar surface area (TPSA) is 84.9 Å². The van der Waals surface area contributed by atoms with Crippen LogP contribution in [0.5, 0.6) is 5.75 Å². The van der Waals surface area contributed by atoms with E-state index in [2.05, 4.69) is 5.32 Å². The number of carbonyl (C=O) groups excluding carboxylic acids is 3. The summed E-state index contributed by atoms with van der Waals surface area (Å²) in [6.07, 6.45) is 0.469. The van der Waals surface area contributed by atoms with E-state index in [1.807, 2.05) is 0 Å². The first-order chi connectivity index (χ1) is 13.9. The number of nitrogens with one attached hydrogen (secondary N) is 1. The van der Waals surface area contributed by atoms with Gasteiger partial charge >= 0.3 is 5.97 Å². The van der Waals surface area contributed by atoms with E-state index < -0.39 is 18.5 Å². The molecule has 0 spiro atoms. The van der Waals surface area contributed by atoms with Crippen LogP contribution in [-0.4, -0.2) is 37.5 Å². The molecule has 0 aliphatic carbocycles. The number of ether oxygens (including phenoxy) is 2. The lowest BCUT2D eigenvalue weighted by molar-refractivity contribution is -0.148. The molecule has 29 heavy (non-hydrogen) atoms. The second-order valence-corrected chi connectivity index (χ2v) is 7.08. The highest BCUT2D eigenvalue weighted by molar-refractivity contribution is 6.35. The molecule has 0 atom stereocenters. The third kappa shape index (κ3) is 5.62. The van der Waals surface area contributed by atoms with Crippen LogP contribution in [0, 0.1) is 0 Å². The Morgan fingerprint density at radius 3 is 2.72 bits per heavy atom. The summed E-state index contributed by atoms with van der Waals surface area (Å²) in [7, 11) is 0. The van der Waals surface area contributed by atoms with E-state index in [4.69, 9.17) is 32.7 Å². The monoisotopic (exact) mass is 436 g/mol. The highest BCUT2D eigenvalue weighted by Crippen LogP contribution is 2.29. The number of rotatable bonds is 7. The molecule has 0 fully saturated rings. The highest BCUT2D eigenvalue weighted by atomic mass is 35.5. The molecule has 0 unspecified atom stereocenters. The Morgan fingerprint density at radius 1 is 1.14 bits per heavy atom. The van der Waals surface area contributed by atoms with E-state index in [1.54, 1.807) is 42.5 Å². The van der Waals surface area contributed by atoms with Crippen LogP contribution < -0.4 is 15.0 Å². The van der Waals surface area contributed by atoms with Crippen molar-refractivity contribution in [2.75, 3.05) is 30.0 Å². The third-order valence-electron chi connectivity index (χ3n) is 4.11. The maximum absolute atomic E-state index is 12.4. The van der Waals surface area contributed by atoms with Crippen molar-refractivity contribution in [2.24, 2.45) is 0 Å². The van der Waals surface area contributed by atoms with E-state index in [9.17, 15) is 14.4 Å². The van der Waals surface area contributed by atoms with Crippen LogP contribution in [0.2, 0.25) is 10.0 Å². The summed E-state index contributed by atoms with van der Waals surface area (Å²) in [5, 5.41) is 3.58. The zero-order valence-electron chi connectivity index (χ0n) is 15.3. The summed E-state index contributed by atoms with van der Waals surface area (Å²) in [5.41, 5.74) is 1.11. The Balaban J connectivity index is 1.42. The molecule has 3 rings (SSSR count). The minimum atomic E-state index is -0.529. The number of benzene rings is 2. The van der Waals surface area contributed by atoms with Crippen molar-refractivity contribution in [1.29, 1.82) is 0 Å². The number of esters is 1. The number of hydrogen-bond donors (Lipinski definition) is 1. The van der Waals surface area contributed by atoms with Gasteiger partial charge < -0.3 is 14.8 Å². The van der Waals surface area contributed by atoms with Gasteiger partial charge in [-0.15, -0.1) is 0 Å². The molecule has 0 bridgehead atoms. The number of fused-ring (bicyclic) bond motifs is 1. The van der Waals surface area contributed by atoms with Gasteiger partial charge in [0.05, 0.1) is 23.0 Å². The molecule has 2 aromatic rings. The maximum Gasteiger partial charge on any atom is 0.306 e. The minimum absolute atomic E-state index is 0.0789. The molecule has 1 N–H and O–H groups in total. The van der Waals surface area contributed by atoms with Crippen LogP contribution in [0.4, 0.5) is 11.4 Å². The standard InChI is InChI=1S/C20H18Cl2N2O5/c21-13-7-8-17(14(22)10-13)28-9-3-6-20(27)29-12-19(26)24-11-18(25)23-15-4-1-2-5-16(15)24/h1-2,4-5,7-8,10H,3,6,9,11-12H2,(H,23,25). The van der Waals surface area contributed by atoms with Gasteiger partial charge in [0.15, 0.2) is 6.61 Å². The molecule has 2 aromatic carbocycles. The smallest absolute Gasteiger partial charge is 0.306 e. The lowest BCUT2D eigenvalue weighted by Gasteiger charge is -2.28. The fourth-order valence-corrected chi connectivity index (χ4v) is 3.20. The van der Waals surface area contributed by atoms with E-state index in [0.29, 0.717) is 33.6 Å². The van der Waals surface area contributed by atoms with E-state index in [-0.39, 0.29) is 25.5 Å². The van der Waals surface area contributed by atoms with Crippen LogP contribution in [0.3, 0.4) is 0 Å². The largest absolute Gasteiger partial charge is 0.492 e. The predicted octanol–water partition coefficient (Wildman–Crippen LogP) is 3.68. The lowest BCUT2D eigenvalue weighted by Crippen LogP contribution is -2.44. The Morgan fingerprint density at radius 2 is 1.93 bits per heavy atom. The summed E-state index contributed by atoms with van der Waals surface area (Å²) in [6, 6.07) is 11.8. The summed E-state index contributed by atoms with van der Waals surface area (Å²) >= 11 is 11.8. The number of amides is 2. The minimum Gasteiger partial charge on any atom is -0.492 e. The molecule has 1 aliphatic heterocycles. The van der Waals surface area contributed by atoms with Crippen molar-refractivity contribution >= 4 is 52.4 Å². The Bertz CT molecular complexity index is 935. The average molecular weight is 437 g/mol. The van der Waals surface area contributed by atoms with Gasteiger partial charge in [-0.2, -0.15) is 0 Å². The van der Waals surface area contributed by atoms with Crippen molar-refractivity contribution in [2.45, 2.75) is 12.8 Å². The second kappa shape index (κ2) is 9.62. The van der Waals surface area contributed by atoms with Gasteiger partial charge in [0, 0.05) is 11.4 Å². The van der Waals surface area contributed by atoms with Crippen LogP contribution in [0.1, 0.15) is 12.8 Å². The average Bonchev–Trinajstić information content (AvgIpc) is 2.70. The summed E-state index contributed by atoms with van der Waals surface area (Å²) in [5.74, 6) is -0.827. The zero-order chi connectivity index (χ0) is 20.8. The van der Waals surface area contributed by atoms with Crippen molar-refractivity contribution in [3.05, 3.63) is 52.5 Å². The molecule has 0 radical (unpaired) electrons. The van der Waals surface area contributed by atoms with Gasteiger partial charge in [0.2, 0.25) is 5.91 Å². The number of anilines is 2. The zero-order valence-corrected chi connectivity index (χ0v) is 16.8. The SMILES string of the molecule is O=C1CN(C(=O)COC(=O)CCCOc2ccc(Cl)cc2Cl)c2ccccc2N1. The maximum atomic E-state index is 12.4. The molecule has 0 saturated heterocycles. The quantitative estimate of drug-likeness (QED) is 0.528. The molecule has 7 nitrogen and oxygen atoms in total. The Kier molecular flexibility index (Phi) is 6.95. The summed E-state index contributed by atoms with van der Waals surface area (Å²) in [4.78, 5) is 37.4. The van der Waals surface area contributed by atoms with Crippen molar-refractivity contribution in [1.82, 2.24) is 0 Å².